The van der Waals surface area contributed by atoms with Crippen molar-refractivity contribution in [1.29, 1.82) is 0 Å². The van der Waals surface area contributed by atoms with E-state index in [9.17, 15) is 9.90 Å². The minimum atomic E-state index is -0.283. The lowest BCUT2D eigenvalue weighted by atomic mass is 10.1. The molecule has 3 N–H and O–H groups in total. The summed E-state index contributed by atoms with van der Waals surface area (Å²) in [4.78, 5) is 11.4. The summed E-state index contributed by atoms with van der Waals surface area (Å²) in [5.41, 5.74) is 5.25. The molecule has 0 radical (unpaired) electrons. The van der Waals surface area contributed by atoms with Crippen molar-refractivity contribution in [2.24, 2.45) is 5.73 Å². The molecule has 0 saturated carbocycles. The van der Waals surface area contributed by atoms with Crippen molar-refractivity contribution in [2.45, 2.75) is 13.3 Å². The molecule has 0 aliphatic heterocycles. The van der Waals surface area contributed by atoms with E-state index in [2.05, 4.69) is 6.58 Å². The number of allylic oxidation sites excluding steroid dienone is 3. The summed E-state index contributed by atoms with van der Waals surface area (Å²) in [6, 6.07) is 0. The Balaban J connectivity index is 4.87. The molecule has 15 heavy (non-hydrogen) atoms. The lowest BCUT2D eigenvalue weighted by molar-refractivity contribution is -0.115. The number of carbonyl (C=O) groups is 1. The molecule has 0 aliphatic rings. The maximum Gasteiger partial charge on any atom is 0.168 e. The van der Waals surface area contributed by atoms with Crippen molar-refractivity contribution < 1.29 is 14.6 Å². The quantitative estimate of drug-likeness (QED) is 0.396. The van der Waals surface area contributed by atoms with Crippen molar-refractivity contribution in [2.75, 3.05) is 13.7 Å². The first kappa shape index (κ1) is 13.4. The summed E-state index contributed by atoms with van der Waals surface area (Å²) in [6.45, 7) is 5.51. The second-order valence-corrected chi connectivity index (χ2v) is 2.86. The molecular weight excluding hydrogens is 194 g/mol. The predicted molar refractivity (Wildman–Crippen MR) is 59.3 cm³/mol. The van der Waals surface area contributed by atoms with E-state index in [1.807, 2.05) is 0 Å². The number of carbonyl (C=O) groups excluding carboxylic acids is 1. The summed E-state index contributed by atoms with van der Waals surface area (Å²) in [5, 5.41) is 9.65. The molecule has 4 heteroatoms. The third-order valence-corrected chi connectivity index (χ3v) is 1.77. The Morgan fingerprint density at radius 3 is 2.60 bits per heavy atom. The largest absolute Gasteiger partial charge is 0.504 e. The van der Waals surface area contributed by atoms with Crippen LogP contribution in [0.1, 0.15) is 13.3 Å². The molecule has 0 amide bonds. The summed E-state index contributed by atoms with van der Waals surface area (Å²) in [6.07, 6.45) is 3.40. The average Bonchev–Trinajstić information content (AvgIpc) is 2.24. The number of hydrogen-bond acceptors (Lipinski definition) is 4. The zero-order valence-corrected chi connectivity index (χ0v) is 9.12. The highest BCUT2D eigenvalue weighted by Gasteiger charge is 2.14. The van der Waals surface area contributed by atoms with Gasteiger partial charge < -0.3 is 15.6 Å². The lowest BCUT2D eigenvalue weighted by Crippen LogP contribution is -2.11. The Morgan fingerprint density at radius 1 is 1.60 bits per heavy atom. The molecule has 4 nitrogen and oxygen atoms in total. The third-order valence-electron chi connectivity index (χ3n) is 1.77. The Labute approximate surface area is 89.7 Å². The fourth-order valence-corrected chi connectivity index (χ4v) is 0.958. The molecule has 0 unspecified atom stereocenters. The van der Waals surface area contributed by atoms with Crippen LogP contribution in [0.2, 0.25) is 0 Å². The highest BCUT2D eigenvalue weighted by Crippen LogP contribution is 2.14. The number of ether oxygens (including phenoxy) is 1. The molecule has 0 spiro atoms. The normalized spacial score (nSPS) is 12.5. The standard InChI is InChI=1S/C11H17NO3/c1-4-5-10(15-3)11(14)8(2)9(13)6-7-12/h4-5,14H,2,6-7,12H2,1,3H3/b5-4-,11-10-. The van der Waals surface area contributed by atoms with Gasteiger partial charge in [-0.2, -0.15) is 0 Å². The minimum absolute atomic E-state index is 0.0235. The van der Waals surface area contributed by atoms with Crippen LogP contribution in [0.5, 0.6) is 0 Å². The van der Waals surface area contributed by atoms with Gasteiger partial charge in [0.2, 0.25) is 0 Å². The fraction of sp³-hybridized carbons (Fsp3) is 0.364. The molecule has 0 rings (SSSR count). The Kier molecular flexibility index (Phi) is 6.13. The minimum Gasteiger partial charge on any atom is -0.504 e. The van der Waals surface area contributed by atoms with Gasteiger partial charge in [-0.05, 0) is 19.5 Å². The van der Waals surface area contributed by atoms with Gasteiger partial charge in [-0.3, -0.25) is 4.79 Å². The van der Waals surface area contributed by atoms with Crippen LogP contribution in [-0.4, -0.2) is 24.5 Å². The summed E-state index contributed by atoms with van der Waals surface area (Å²) < 4.78 is 4.90. The molecule has 0 atom stereocenters. The van der Waals surface area contributed by atoms with Crippen LogP contribution >= 0.6 is 0 Å². The van der Waals surface area contributed by atoms with Gasteiger partial charge in [0.1, 0.15) is 0 Å². The third kappa shape index (κ3) is 3.99. The van der Waals surface area contributed by atoms with E-state index in [1.54, 1.807) is 19.1 Å². The molecule has 0 aromatic carbocycles. The first-order valence-corrected chi connectivity index (χ1v) is 4.60. The summed E-state index contributed by atoms with van der Waals surface area (Å²) in [7, 11) is 1.41. The van der Waals surface area contributed by atoms with Gasteiger partial charge in [-0.25, -0.2) is 0 Å². The number of hydrogen-bond donors (Lipinski definition) is 2. The Bertz CT molecular complexity index is 303. The van der Waals surface area contributed by atoms with E-state index in [0.29, 0.717) is 0 Å². The lowest BCUT2D eigenvalue weighted by Gasteiger charge is -2.07. The van der Waals surface area contributed by atoms with Crippen molar-refractivity contribution in [3.63, 3.8) is 0 Å². The second-order valence-electron chi connectivity index (χ2n) is 2.86. The topological polar surface area (TPSA) is 72.6 Å². The van der Waals surface area contributed by atoms with Crippen LogP contribution in [0.15, 0.2) is 35.8 Å². The van der Waals surface area contributed by atoms with Crippen molar-refractivity contribution >= 4 is 5.78 Å². The average molecular weight is 211 g/mol. The number of aliphatic hydroxyl groups excluding tert-OH is 1. The molecular formula is C11H17NO3. The smallest absolute Gasteiger partial charge is 0.168 e. The SMILES string of the molecule is C=C(C(=O)CCN)/C(O)=C(\C=C/C)OC. The second kappa shape index (κ2) is 6.84. The number of rotatable bonds is 6. The van der Waals surface area contributed by atoms with Gasteiger partial charge >= 0.3 is 0 Å². The molecule has 0 aromatic rings. The van der Waals surface area contributed by atoms with Crippen molar-refractivity contribution in [3.8, 4) is 0 Å². The maximum atomic E-state index is 11.4. The summed E-state index contributed by atoms with van der Waals surface area (Å²) >= 11 is 0. The van der Waals surface area contributed by atoms with Crippen LogP contribution in [-0.2, 0) is 9.53 Å². The van der Waals surface area contributed by atoms with Crippen LogP contribution in [0.3, 0.4) is 0 Å². The van der Waals surface area contributed by atoms with Gasteiger partial charge in [-0.15, -0.1) is 0 Å². The Hall–Kier alpha value is -1.55. The summed E-state index contributed by atoms with van der Waals surface area (Å²) in [5.74, 6) is -0.309. The number of nitrogens with two attached hydrogens (primary N) is 1. The molecule has 0 aromatic heterocycles. The van der Waals surface area contributed by atoms with Crippen LogP contribution in [0.25, 0.3) is 0 Å². The highest BCUT2D eigenvalue weighted by molar-refractivity contribution is 5.98. The van der Waals surface area contributed by atoms with E-state index in [0.717, 1.165) is 0 Å². The first-order chi connectivity index (χ1) is 7.08. The van der Waals surface area contributed by atoms with Crippen LogP contribution < -0.4 is 5.73 Å². The molecule has 84 valence electrons. The molecule has 0 fully saturated rings. The first-order valence-electron chi connectivity index (χ1n) is 4.60. The Morgan fingerprint density at radius 2 is 2.20 bits per heavy atom. The van der Waals surface area contributed by atoms with Crippen LogP contribution in [0, 0.1) is 0 Å². The van der Waals surface area contributed by atoms with E-state index >= 15 is 0 Å². The monoisotopic (exact) mass is 211 g/mol. The van der Waals surface area contributed by atoms with Gasteiger partial charge in [0.25, 0.3) is 0 Å². The van der Waals surface area contributed by atoms with E-state index in [-0.39, 0.29) is 35.8 Å². The van der Waals surface area contributed by atoms with E-state index < -0.39 is 0 Å². The van der Waals surface area contributed by atoms with Crippen LogP contribution in [0.4, 0.5) is 0 Å². The number of methoxy groups -OCH3 is 1. The van der Waals surface area contributed by atoms with E-state index in [1.165, 1.54) is 7.11 Å². The van der Waals surface area contributed by atoms with Gasteiger partial charge in [0.15, 0.2) is 17.3 Å². The molecule has 0 bridgehead atoms. The van der Waals surface area contributed by atoms with Crippen molar-refractivity contribution in [1.82, 2.24) is 0 Å². The number of Topliss-reactive ketones (excluding diaryl/α,β-unsaturated/α-hetero) is 1. The number of ketones is 1. The fourth-order valence-electron chi connectivity index (χ4n) is 0.958. The van der Waals surface area contributed by atoms with E-state index in [4.69, 9.17) is 10.5 Å². The highest BCUT2D eigenvalue weighted by atomic mass is 16.5. The van der Waals surface area contributed by atoms with Gasteiger partial charge in [0, 0.05) is 6.42 Å². The molecule has 0 saturated heterocycles. The van der Waals surface area contributed by atoms with Gasteiger partial charge in [0.05, 0.1) is 12.7 Å². The molecule has 0 aliphatic carbocycles. The number of aliphatic hydroxyl groups is 1. The zero-order chi connectivity index (χ0) is 11.8. The van der Waals surface area contributed by atoms with Crippen molar-refractivity contribution in [3.05, 3.63) is 35.8 Å². The van der Waals surface area contributed by atoms with Gasteiger partial charge in [-0.1, -0.05) is 12.7 Å². The predicted octanol–water partition coefficient (Wildman–Crippen LogP) is 1.45. The molecule has 0 heterocycles. The maximum absolute atomic E-state index is 11.4. The zero-order valence-electron chi connectivity index (χ0n) is 9.12.